The minimum absolute atomic E-state index is 0.602. The Morgan fingerprint density at radius 1 is 1.43 bits per heavy atom. The minimum atomic E-state index is 0.602. The monoisotopic (exact) mass is 206 g/mol. The van der Waals surface area contributed by atoms with Crippen LogP contribution < -0.4 is 0 Å². The smallest absolute Gasteiger partial charge is 0.166 e. The third kappa shape index (κ3) is 1.48. The van der Waals surface area contributed by atoms with Crippen LogP contribution in [0.25, 0.3) is 10.6 Å². The molecule has 72 valence electrons. The maximum atomic E-state index is 10.5. The van der Waals surface area contributed by atoms with Crippen LogP contribution in [-0.4, -0.2) is 16.3 Å². The molecule has 2 rings (SSSR count). The largest absolute Gasteiger partial charge is 0.352 e. The lowest BCUT2D eigenvalue weighted by Gasteiger charge is -1.92. The third-order valence-electron chi connectivity index (χ3n) is 1.98. The molecule has 0 radical (unpaired) electrons. The van der Waals surface area contributed by atoms with Gasteiger partial charge in [-0.3, -0.25) is 4.79 Å². The molecule has 4 heteroatoms. The molecule has 2 aromatic rings. The van der Waals surface area contributed by atoms with Gasteiger partial charge in [-0.25, -0.2) is 4.98 Å². The summed E-state index contributed by atoms with van der Waals surface area (Å²) in [5.74, 6) is 0. The number of rotatable bonds is 2. The Labute approximate surface area is 85.8 Å². The minimum Gasteiger partial charge on any atom is -0.352 e. The van der Waals surface area contributed by atoms with E-state index in [4.69, 9.17) is 0 Å². The van der Waals surface area contributed by atoms with Crippen molar-refractivity contribution in [2.24, 2.45) is 0 Å². The highest BCUT2D eigenvalue weighted by Crippen LogP contribution is 2.28. The molecule has 0 saturated carbocycles. The van der Waals surface area contributed by atoms with E-state index in [9.17, 15) is 4.79 Å². The number of thiazole rings is 1. The molecule has 0 bridgehead atoms. The zero-order valence-corrected chi connectivity index (χ0v) is 8.81. The molecule has 2 aromatic heterocycles. The van der Waals surface area contributed by atoms with Crippen LogP contribution in [0.1, 0.15) is 21.2 Å². The molecule has 2 heterocycles. The number of hydrogen-bond donors (Lipinski definition) is 1. The summed E-state index contributed by atoms with van der Waals surface area (Å²) in [4.78, 5) is 19.0. The van der Waals surface area contributed by atoms with Crippen molar-refractivity contribution in [3.63, 3.8) is 0 Å². The van der Waals surface area contributed by atoms with Crippen LogP contribution in [0.15, 0.2) is 12.1 Å². The van der Waals surface area contributed by atoms with Gasteiger partial charge < -0.3 is 4.98 Å². The summed E-state index contributed by atoms with van der Waals surface area (Å²) in [6.07, 6.45) is 0.812. The van der Waals surface area contributed by atoms with Crippen LogP contribution in [0.4, 0.5) is 0 Å². The number of nitrogens with one attached hydrogen (secondary N) is 1. The molecule has 14 heavy (non-hydrogen) atoms. The Morgan fingerprint density at radius 3 is 2.71 bits per heavy atom. The molecule has 0 aliphatic rings. The average molecular weight is 206 g/mol. The molecule has 0 atom stereocenters. The van der Waals surface area contributed by atoms with Crippen LogP contribution in [-0.2, 0) is 0 Å². The second-order valence-corrected chi connectivity index (χ2v) is 4.30. The Kier molecular flexibility index (Phi) is 2.21. The first-order chi connectivity index (χ1) is 6.70. The van der Waals surface area contributed by atoms with Crippen molar-refractivity contribution in [3.05, 3.63) is 28.5 Å². The lowest BCUT2D eigenvalue weighted by atomic mass is 10.3. The van der Waals surface area contributed by atoms with Crippen molar-refractivity contribution in [1.82, 2.24) is 9.97 Å². The summed E-state index contributed by atoms with van der Waals surface area (Å²) in [5.41, 5.74) is 2.58. The van der Waals surface area contributed by atoms with Crippen LogP contribution >= 0.6 is 11.3 Å². The number of H-pyrrole nitrogens is 1. The molecule has 1 N–H and O–H groups in total. The van der Waals surface area contributed by atoms with E-state index < -0.39 is 0 Å². The van der Waals surface area contributed by atoms with Crippen molar-refractivity contribution < 1.29 is 4.79 Å². The van der Waals surface area contributed by atoms with Gasteiger partial charge in [0.25, 0.3) is 0 Å². The Morgan fingerprint density at radius 2 is 2.21 bits per heavy atom. The number of carbonyl (C=O) groups excluding carboxylic acids is 1. The first-order valence-corrected chi connectivity index (χ1v) is 5.11. The zero-order valence-electron chi connectivity index (χ0n) is 8.00. The lowest BCUT2D eigenvalue weighted by Crippen LogP contribution is -1.80. The van der Waals surface area contributed by atoms with Crippen LogP contribution in [0.2, 0.25) is 0 Å². The molecular formula is C10H10N2OS. The van der Waals surface area contributed by atoms with Crippen molar-refractivity contribution >= 4 is 17.6 Å². The highest BCUT2D eigenvalue weighted by atomic mass is 32.1. The van der Waals surface area contributed by atoms with Gasteiger partial charge in [-0.05, 0) is 26.0 Å². The van der Waals surface area contributed by atoms with Gasteiger partial charge in [0.2, 0.25) is 0 Å². The first-order valence-electron chi connectivity index (χ1n) is 4.29. The molecule has 0 fully saturated rings. The van der Waals surface area contributed by atoms with E-state index in [0.29, 0.717) is 5.69 Å². The Bertz CT molecular complexity index is 470. The summed E-state index contributed by atoms with van der Waals surface area (Å²) in [7, 11) is 0. The normalized spacial score (nSPS) is 10.4. The third-order valence-corrected chi connectivity index (χ3v) is 3.09. The number of nitrogens with zero attached hydrogens (tertiary/aromatic N) is 1. The Balaban J connectivity index is 2.48. The van der Waals surface area contributed by atoms with Crippen molar-refractivity contribution in [1.29, 1.82) is 0 Å². The molecule has 0 saturated heterocycles. The van der Waals surface area contributed by atoms with E-state index in [1.807, 2.05) is 19.9 Å². The summed E-state index contributed by atoms with van der Waals surface area (Å²) >= 11 is 1.63. The van der Waals surface area contributed by atoms with E-state index in [1.165, 1.54) is 0 Å². The van der Waals surface area contributed by atoms with Gasteiger partial charge in [-0.15, -0.1) is 11.3 Å². The van der Waals surface area contributed by atoms with Crippen LogP contribution in [0.3, 0.4) is 0 Å². The standard InChI is InChI=1S/C10H10N2OS/c1-6-10(14-7(2)11-6)9-4-3-8(5-13)12-9/h3-5,12H,1-2H3. The second-order valence-electron chi connectivity index (χ2n) is 3.09. The summed E-state index contributed by atoms with van der Waals surface area (Å²) in [6.45, 7) is 3.95. The van der Waals surface area contributed by atoms with Gasteiger partial charge in [0.1, 0.15) is 0 Å². The molecule has 3 nitrogen and oxygen atoms in total. The maximum absolute atomic E-state index is 10.5. The number of aryl methyl sites for hydroxylation is 2. The van der Waals surface area contributed by atoms with E-state index in [-0.39, 0.29) is 0 Å². The second kappa shape index (κ2) is 3.38. The van der Waals surface area contributed by atoms with Gasteiger partial charge in [0, 0.05) is 0 Å². The van der Waals surface area contributed by atoms with Crippen molar-refractivity contribution in [3.8, 4) is 10.6 Å². The van der Waals surface area contributed by atoms with E-state index in [0.717, 1.165) is 27.6 Å². The molecule has 0 spiro atoms. The highest BCUT2D eigenvalue weighted by molar-refractivity contribution is 7.15. The number of hydrogen-bond acceptors (Lipinski definition) is 3. The van der Waals surface area contributed by atoms with Crippen molar-refractivity contribution in [2.45, 2.75) is 13.8 Å². The topological polar surface area (TPSA) is 45.8 Å². The molecule has 0 aliphatic heterocycles. The molecule has 0 amide bonds. The fraction of sp³-hybridized carbons (Fsp3) is 0.200. The summed E-state index contributed by atoms with van der Waals surface area (Å²) in [6, 6.07) is 3.68. The predicted octanol–water partition coefficient (Wildman–Crippen LogP) is 2.57. The molecular weight excluding hydrogens is 196 g/mol. The van der Waals surface area contributed by atoms with Gasteiger partial charge in [0.05, 0.1) is 27.0 Å². The van der Waals surface area contributed by atoms with Crippen LogP contribution in [0.5, 0.6) is 0 Å². The van der Waals surface area contributed by atoms with Gasteiger partial charge >= 0.3 is 0 Å². The number of aromatic nitrogens is 2. The van der Waals surface area contributed by atoms with Gasteiger partial charge in [-0.1, -0.05) is 0 Å². The summed E-state index contributed by atoms with van der Waals surface area (Å²) in [5, 5.41) is 1.04. The maximum Gasteiger partial charge on any atom is 0.166 e. The number of carbonyl (C=O) groups is 1. The Hall–Kier alpha value is -1.42. The first kappa shape index (κ1) is 9.15. The fourth-order valence-electron chi connectivity index (χ4n) is 1.39. The lowest BCUT2D eigenvalue weighted by molar-refractivity contribution is 0.111. The number of aromatic amines is 1. The fourth-order valence-corrected chi connectivity index (χ4v) is 2.29. The quantitative estimate of drug-likeness (QED) is 0.767. The van der Waals surface area contributed by atoms with Gasteiger partial charge in [-0.2, -0.15) is 0 Å². The SMILES string of the molecule is Cc1nc(C)c(-c2ccc(C=O)[nH]2)s1. The highest BCUT2D eigenvalue weighted by Gasteiger charge is 2.08. The van der Waals surface area contributed by atoms with Crippen molar-refractivity contribution in [2.75, 3.05) is 0 Å². The molecule has 0 unspecified atom stereocenters. The molecule has 0 aromatic carbocycles. The summed E-state index contributed by atoms with van der Waals surface area (Å²) < 4.78 is 0. The molecule has 0 aliphatic carbocycles. The van der Waals surface area contributed by atoms with E-state index in [1.54, 1.807) is 17.4 Å². The average Bonchev–Trinajstić information content (AvgIpc) is 2.71. The predicted molar refractivity (Wildman–Crippen MR) is 56.8 cm³/mol. The van der Waals surface area contributed by atoms with E-state index >= 15 is 0 Å². The zero-order chi connectivity index (χ0) is 10.1. The van der Waals surface area contributed by atoms with Crippen LogP contribution in [0, 0.1) is 13.8 Å². The number of aldehydes is 1. The van der Waals surface area contributed by atoms with Gasteiger partial charge in [0.15, 0.2) is 6.29 Å². The van der Waals surface area contributed by atoms with E-state index in [2.05, 4.69) is 9.97 Å².